The van der Waals surface area contributed by atoms with Gasteiger partial charge in [0.25, 0.3) is 0 Å². The van der Waals surface area contributed by atoms with Crippen molar-refractivity contribution in [2.45, 2.75) is 89.9 Å². The molecule has 3 nitrogen and oxygen atoms in total. The summed E-state index contributed by atoms with van der Waals surface area (Å²) in [6.45, 7) is 8.14. The molecule has 0 aliphatic heterocycles. The van der Waals surface area contributed by atoms with E-state index < -0.39 is 0 Å². The molecule has 5 atom stereocenters. The largest absolute Gasteiger partial charge is 0.394 e. The molecular weight excluding hydrogens is 262 g/mol. The first-order valence-electron chi connectivity index (χ1n) is 9.10. The van der Waals surface area contributed by atoms with Crippen molar-refractivity contribution in [2.24, 2.45) is 11.8 Å². The fourth-order valence-electron chi connectivity index (χ4n) is 4.07. The summed E-state index contributed by atoms with van der Waals surface area (Å²) >= 11 is 0. The molecule has 0 bridgehead atoms. The van der Waals surface area contributed by atoms with Crippen molar-refractivity contribution < 1.29 is 9.84 Å². The molecule has 2 aliphatic carbocycles. The Kier molecular flexibility index (Phi) is 6.51. The minimum absolute atomic E-state index is 0.0908. The van der Waals surface area contributed by atoms with Crippen LogP contribution in [0.1, 0.15) is 72.1 Å². The predicted octanol–water partition coefficient (Wildman–Crippen LogP) is 3.50. The van der Waals surface area contributed by atoms with E-state index in [1.165, 1.54) is 25.7 Å². The summed E-state index contributed by atoms with van der Waals surface area (Å²) in [4.78, 5) is 0. The molecule has 21 heavy (non-hydrogen) atoms. The minimum Gasteiger partial charge on any atom is -0.394 e. The zero-order valence-corrected chi connectivity index (χ0v) is 14.2. The fourth-order valence-corrected chi connectivity index (χ4v) is 4.07. The summed E-state index contributed by atoms with van der Waals surface area (Å²) in [5.41, 5.74) is -0.0908. The van der Waals surface area contributed by atoms with Gasteiger partial charge in [-0.2, -0.15) is 0 Å². The SMILES string of the molecule is CCCNC1(CO)CCCC(OC2CCC(C)C(C)C2)C1. The third-order valence-corrected chi connectivity index (χ3v) is 5.79. The topological polar surface area (TPSA) is 41.5 Å². The molecule has 0 heterocycles. The second-order valence-corrected chi connectivity index (χ2v) is 7.61. The molecule has 5 unspecified atom stereocenters. The highest BCUT2D eigenvalue weighted by Gasteiger charge is 2.37. The molecular formula is C18H35NO2. The quantitative estimate of drug-likeness (QED) is 0.788. The van der Waals surface area contributed by atoms with Crippen molar-refractivity contribution in [1.82, 2.24) is 5.32 Å². The maximum atomic E-state index is 9.85. The lowest BCUT2D eigenvalue weighted by Crippen LogP contribution is -2.53. The van der Waals surface area contributed by atoms with Gasteiger partial charge >= 0.3 is 0 Å². The lowest BCUT2D eigenvalue weighted by molar-refractivity contribution is -0.0801. The highest BCUT2D eigenvalue weighted by molar-refractivity contribution is 4.94. The van der Waals surface area contributed by atoms with E-state index in [2.05, 4.69) is 26.1 Å². The Morgan fingerprint density at radius 1 is 1.14 bits per heavy atom. The van der Waals surface area contributed by atoms with E-state index >= 15 is 0 Å². The van der Waals surface area contributed by atoms with Crippen molar-refractivity contribution >= 4 is 0 Å². The smallest absolute Gasteiger partial charge is 0.0614 e. The molecule has 0 radical (unpaired) electrons. The van der Waals surface area contributed by atoms with Crippen molar-refractivity contribution in [3.63, 3.8) is 0 Å². The van der Waals surface area contributed by atoms with Gasteiger partial charge in [0.15, 0.2) is 0 Å². The molecule has 2 fully saturated rings. The Labute approximate surface area is 130 Å². The van der Waals surface area contributed by atoms with E-state index in [0.717, 1.165) is 44.1 Å². The van der Waals surface area contributed by atoms with Crippen LogP contribution in [-0.2, 0) is 4.74 Å². The average molecular weight is 297 g/mol. The molecule has 0 spiro atoms. The number of hydrogen-bond donors (Lipinski definition) is 2. The second-order valence-electron chi connectivity index (χ2n) is 7.61. The predicted molar refractivity (Wildman–Crippen MR) is 87.4 cm³/mol. The molecule has 2 N–H and O–H groups in total. The Balaban J connectivity index is 1.85. The van der Waals surface area contributed by atoms with Crippen LogP contribution in [0, 0.1) is 11.8 Å². The molecule has 124 valence electrons. The molecule has 2 aliphatic rings. The van der Waals surface area contributed by atoms with Crippen LogP contribution in [0.3, 0.4) is 0 Å². The summed E-state index contributed by atoms with van der Waals surface area (Å²) in [5, 5.41) is 13.4. The van der Waals surface area contributed by atoms with Gasteiger partial charge in [-0.25, -0.2) is 0 Å². The van der Waals surface area contributed by atoms with Gasteiger partial charge in [0.2, 0.25) is 0 Å². The van der Waals surface area contributed by atoms with Crippen LogP contribution >= 0.6 is 0 Å². The summed E-state index contributed by atoms with van der Waals surface area (Å²) in [6.07, 6.45) is 10.0. The Morgan fingerprint density at radius 2 is 1.95 bits per heavy atom. The number of ether oxygens (including phenoxy) is 1. The van der Waals surface area contributed by atoms with Gasteiger partial charge in [0, 0.05) is 5.54 Å². The maximum Gasteiger partial charge on any atom is 0.0614 e. The van der Waals surface area contributed by atoms with Gasteiger partial charge in [-0.1, -0.05) is 20.8 Å². The van der Waals surface area contributed by atoms with Crippen LogP contribution in [0.2, 0.25) is 0 Å². The molecule has 0 aromatic carbocycles. The molecule has 0 amide bonds. The van der Waals surface area contributed by atoms with Crippen molar-refractivity contribution in [3.05, 3.63) is 0 Å². The number of hydrogen-bond acceptors (Lipinski definition) is 3. The van der Waals surface area contributed by atoms with Crippen molar-refractivity contribution in [3.8, 4) is 0 Å². The second kappa shape index (κ2) is 7.94. The van der Waals surface area contributed by atoms with Crippen LogP contribution in [0.15, 0.2) is 0 Å². The Morgan fingerprint density at radius 3 is 2.62 bits per heavy atom. The van der Waals surface area contributed by atoms with Crippen LogP contribution < -0.4 is 5.32 Å². The summed E-state index contributed by atoms with van der Waals surface area (Å²) in [5.74, 6) is 1.63. The first-order valence-corrected chi connectivity index (χ1v) is 9.10. The van der Waals surface area contributed by atoms with Crippen molar-refractivity contribution in [2.75, 3.05) is 13.2 Å². The van der Waals surface area contributed by atoms with E-state index in [0.29, 0.717) is 12.2 Å². The molecule has 3 heteroatoms. The standard InChI is InChI=1S/C18H35NO2/c1-4-10-19-18(13-20)9-5-6-17(12-18)21-16-8-7-14(2)15(3)11-16/h14-17,19-20H,4-13H2,1-3H3. The zero-order valence-electron chi connectivity index (χ0n) is 14.2. The van der Waals surface area contributed by atoms with Crippen LogP contribution in [0.5, 0.6) is 0 Å². The van der Waals surface area contributed by atoms with Crippen LogP contribution in [0.4, 0.5) is 0 Å². The van der Waals surface area contributed by atoms with Gasteiger partial charge in [-0.3, -0.25) is 0 Å². The fraction of sp³-hybridized carbons (Fsp3) is 1.00. The van der Waals surface area contributed by atoms with Crippen LogP contribution in [0.25, 0.3) is 0 Å². The normalized spacial score (nSPS) is 41.1. The van der Waals surface area contributed by atoms with E-state index in [1.54, 1.807) is 0 Å². The van der Waals surface area contributed by atoms with Crippen molar-refractivity contribution in [1.29, 1.82) is 0 Å². The van der Waals surface area contributed by atoms with E-state index in [1.807, 2.05) is 0 Å². The molecule has 0 aromatic heterocycles. The lowest BCUT2D eigenvalue weighted by Gasteiger charge is -2.42. The summed E-state index contributed by atoms with van der Waals surface area (Å²) in [6, 6.07) is 0. The highest BCUT2D eigenvalue weighted by atomic mass is 16.5. The monoisotopic (exact) mass is 297 g/mol. The first kappa shape index (κ1) is 17.2. The highest BCUT2D eigenvalue weighted by Crippen LogP contribution is 2.35. The lowest BCUT2D eigenvalue weighted by atomic mass is 9.78. The van der Waals surface area contributed by atoms with E-state index in [-0.39, 0.29) is 12.1 Å². The minimum atomic E-state index is -0.0908. The summed E-state index contributed by atoms with van der Waals surface area (Å²) in [7, 11) is 0. The first-order chi connectivity index (χ1) is 10.1. The van der Waals surface area contributed by atoms with Gasteiger partial charge < -0.3 is 15.2 Å². The van der Waals surface area contributed by atoms with E-state index in [9.17, 15) is 5.11 Å². The third-order valence-electron chi connectivity index (χ3n) is 5.79. The Bertz CT molecular complexity index is 310. The number of nitrogens with one attached hydrogen (secondary N) is 1. The summed E-state index contributed by atoms with van der Waals surface area (Å²) < 4.78 is 6.44. The zero-order chi connectivity index (χ0) is 15.3. The maximum absolute atomic E-state index is 9.85. The number of aliphatic hydroxyl groups is 1. The van der Waals surface area contributed by atoms with Gasteiger partial charge in [-0.15, -0.1) is 0 Å². The molecule has 0 aromatic rings. The van der Waals surface area contributed by atoms with Gasteiger partial charge in [0.05, 0.1) is 18.8 Å². The average Bonchev–Trinajstić information content (AvgIpc) is 2.49. The molecule has 2 saturated carbocycles. The molecule has 0 saturated heterocycles. The number of rotatable bonds is 6. The van der Waals surface area contributed by atoms with Gasteiger partial charge in [-0.05, 0) is 69.7 Å². The number of aliphatic hydroxyl groups excluding tert-OH is 1. The van der Waals surface area contributed by atoms with E-state index in [4.69, 9.17) is 4.74 Å². The van der Waals surface area contributed by atoms with Crippen LogP contribution in [-0.4, -0.2) is 36.0 Å². The molecule has 2 rings (SSSR count). The Hall–Kier alpha value is -0.120. The van der Waals surface area contributed by atoms with Gasteiger partial charge in [0.1, 0.15) is 0 Å². The third kappa shape index (κ3) is 4.67.